The average Bonchev–Trinajstić information content (AvgIpc) is 2.98. The molecule has 126 valence electrons. The van der Waals surface area contributed by atoms with E-state index in [-0.39, 0.29) is 18.7 Å². The number of aliphatic hydroxyl groups is 2. The molecule has 0 saturated carbocycles. The van der Waals surface area contributed by atoms with Gasteiger partial charge in [-0.1, -0.05) is 0 Å². The topological polar surface area (TPSA) is 129 Å². The molecule has 1 fully saturated rings. The van der Waals surface area contributed by atoms with Gasteiger partial charge in [-0.15, -0.1) is 0 Å². The molecule has 2 aromatic rings. The third-order valence-electron chi connectivity index (χ3n) is 3.50. The molecule has 0 unspecified atom stereocenters. The van der Waals surface area contributed by atoms with E-state index >= 15 is 0 Å². The first-order valence-corrected chi connectivity index (χ1v) is 8.30. The molecule has 3 heterocycles. The molecular weight excluding hydrogens is 417 g/mol. The predicted molar refractivity (Wildman–Crippen MR) is 89.8 cm³/mol. The molecule has 0 aliphatic carbocycles. The summed E-state index contributed by atoms with van der Waals surface area (Å²) in [6.07, 6.45) is -1.69. The highest BCUT2D eigenvalue weighted by Crippen LogP contribution is 2.35. The van der Waals surface area contributed by atoms with Gasteiger partial charge in [0.15, 0.2) is 11.9 Å². The minimum Gasteiger partial charge on any atom is -0.474 e. The molecule has 4 N–H and O–H groups in total. The molecule has 9 nitrogen and oxygen atoms in total. The van der Waals surface area contributed by atoms with Crippen LogP contribution in [0.4, 0.5) is 5.95 Å². The first kappa shape index (κ1) is 16.6. The fourth-order valence-corrected chi connectivity index (χ4v) is 3.23. The lowest BCUT2D eigenvalue weighted by Crippen LogP contribution is -2.24. The summed E-state index contributed by atoms with van der Waals surface area (Å²) in [5, 5.41) is 24.2. The Morgan fingerprint density at radius 3 is 2.83 bits per heavy atom. The Balaban J connectivity index is 2.08. The number of ether oxygens (including phenoxy) is 2. The number of hydrogen-bond acceptors (Lipinski definition) is 8. The van der Waals surface area contributed by atoms with E-state index in [2.05, 4.69) is 37.7 Å². The molecule has 0 spiro atoms. The van der Waals surface area contributed by atoms with Crippen molar-refractivity contribution in [2.45, 2.75) is 44.8 Å². The zero-order chi connectivity index (χ0) is 16.7. The quantitative estimate of drug-likeness (QED) is 0.591. The molecule has 0 aromatic carbocycles. The Hall–Kier alpha value is -1.24. The number of nitrogen functional groups attached to an aromatic ring is 1. The Morgan fingerprint density at radius 2 is 2.22 bits per heavy atom. The standard InChI is InChI=1S/C13H18IN5O4/c1-5(2)22-12-9-10(14)18-19(11(9)16-13(15)17-12)8-3-6(21)7(4-20)23-8/h5-8,20-21H,3-4H2,1-2H3,(H2,15,16,17)/t6-,7+,8-/m0/s1. The lowest BCUT2D eigenvalue weighted by Gasteiger charge is -2.13. The van der Waals surface area contributed by atoms with Gasteiger partial charge in [0, 0.05) is 6.42 Å². The highest BCUT2D eigenvalue weighted by molar-refractivity contribution is 14.1. The van der Waals surface area contributed by atoms with Crippen LogP contribution in [0, 0.1) is 3.70 Å². The number of fused-ring (bicyclic) bond motifs is 1. The Morgan fingerprint density at radius 1 is 1.48 bits per heavy atom. The summed E-state index contributed by atoms with van der Waals surface area (Å²) < 4.78 is 13.6. The van der Waals surface area contributed by atoms with Gasteiger partial charge in [0.25, 0.3) is 0 Å². The monoisotopic (exact) mass is 435 g/mol. The lowest BCUT2D eigenvalue weighted by atomic mass is 10.2. The van der Waals surface area contributed by atoms with E-state index < -0.39 is 18.4 Å². The number of anilines is 1. The van der Waals surface area contributed by atoms with Gasteiger partial charge in [-0.3, -0.25) is 0 Å². The maximum Gasteiger partial charge on any atom is 0.230 e. The molecule has 1 saturated heterocycles. The number of hydrogen-bond donors (Lipinski definition) is 3. The largest absolute Gasteiger partial charge is 0.474 e. The van der Waals surface area contributed by atoms with E-state index in [4.69, 9.17) is 15.2 Å². The van der Waals surface area contributed by atoms with Gasteiger partial charge in [-0.2, -0.15) is 15.1 Å². The predicted octanol–water partition coefficient (Wildman–Crippen LogP) is 0.441. The van der Waals surface area contributed by atoms with E-state index in [1.807, 2.05) is 13.8 Å². The summed E-state index contributed by atoms with van der Waals surface area (Å²) in [5.41, 5.74) is 6.26. The number of nitrogens with two attached hydrogens (primary N) is 1. The van der Waals surface area contributed by atoms with Crippen LogP contribution in [0.2, 0.25) is 0 Å². The van der Waals surface area contributed by atoms with Gasteiger partial charge in [0.2, 0.25) is 11.8 Å². The molecule has 3 rings (SSSR count). The van der Waals surface area contributed by atoms with Gasteiger partial charge in [0.05, 0.1) is 18.8 Å². The minimum atomic E-state index is -0.757. The number of rotatable bonds is 4. The van der Waals surface area contributed by atoms with Gasteiger partial charge >= 0.3 is 0 Å². The Kier molecular flexibility index (Phi) is 4.58. The zero-order valence-electron chi connectivity index (χ0n) is 12.7. The van der Waals surface area contributed by atoms with Crippen molar-refractivity contribution in [3.63, 3.8) is 0 Å². The van der Waals surface area contributed by atoms with Crippen LogP contribution in [0.25, 0.3) is 11.0 Å². The molecule has 23 heavy (non-hydrogen) atoms. The average molecular weight is 435 g/mol. The van der Waals surface area contributed by atoms with Crippen molar-refractivity contribution in [3.05, 3.63) is 3.70 Å². The second-order valence-electron chi connectivity index (χ2n) is 5.60. The van der Waals surface area contributed by atoms with Crippen LogP contribution < -0.4 is 10.5 Å². The molecule has 3 atom stereocenters. The van der Waals surface area contributed by atoms with E-state index in [0.717, 1.165) is 0 Å². The number of aromatic nitrogens is 4. The summed E-state index contributed by atoms with van der Waals surface area (Å²) in [7, 11) is 0. The summed E-state index contributed by atoms with van der Waals surface area (Å²) in [6.45, 7) is 3.53. The van der Waals surface area contributed by atoms with E-state index in [0.29, 0.717) is 27.0 Å². The van der Waals surface area contributed by atoms with Crippen molar-refractivity contribution in [1.29, 1.82) is 0 Å². The van der Waals surface area contributed by atoms with Crippen molar-refractivity contribution >= 4 is 39.6 Å². The third kappa shape index (κ3) is 3.07. The van der Waals surface area contributed by atoms with Crippen molar-refractivity contribution in [2.24, 2.45) is 0 Å². The summed E-state index contributed by atoms with van der Waals surface area (Å²) in [5.74, 6) is 0.443. The van der Waals surface area contributed by atoms with Crippen molar-refractivity contribution < 1.29 is 19.7 Å². The van der Waals surface area contributed by atoms with Crippen molar-refractivity contribution in [2.75, 3.05) is 12.3 Å². The van der Waals surface area contributed by atoms with Crippen LogP contribution in [0.5, 0.6) is 5.88 Å². The van der Waals surface area contributed by atoms with Crippen LogP contribution >= 0.6 is 22.6 Å². The SMILES string of the molecule is CC(C)Oc1nc(N)nc2c1c(I)nn2[C@@H]1C[C@H](O)[C@@H](CO)O1. The van der Waals surface area contributed by atoms with Crippen LogP contribution in [0.1, 0.15) is 26.5 Å². The maximum atomic E-state index is 9.92. The molecule has 0 amide bonds. The van der Waals surface area contributed by atoms with E-state index in [1.165, 1.54) is 0 Å². The zero-order valence-corrected chi connectivity index (χ0v) is 14.8. The molecule has 10 heteroatoms. The van der Waals surface area contributed by atoms with E-state index in [1.54, 1.807) is 4.68 Å². The van der Waals surface area contributed by atoms with Gasteiger partial charge in [-0.05, 0) is 36.4 Å². The first-order chi connectivity index (χ1) is 10.9. The molecule has 1 aliphatic heterocycles. The highest BCUT2D eigenvalue weighted by Gasteiger charge is 2.36. The van der Waals surface area contributed by atoms with Crippen molar-refractivity contribution in [1.82, 2.24) is 19.7 Å². The first-order valence-electron chi connectivity index (χ1n) is 7.23. The van der Waals surface area contributed by atoms with E-state index in [9.17, 15) is 10.2 Å². The Bertz CT molecular complexity index is 722. The van der Waals surface area contributed by atoms with Gasteiger partial charge in [0.1, 0.15) is 15.2 Å². The van der Waals surface area contributed by atoms with Crippen LogP contribution in [0.15, 0.2) is 0 Å². The fourth-order valence-electron chi connectivity index (χ4n) is 2.52. The molecule has 2 aromatic heterocycles. The normalized spacial score (nSPS) is 24.7. The smallest absolute Gasteiger partial charge is 0.230 e. The molecule has 0 radical (unpaired) electrons. The molecular formula is C13H18IN5O4. The minimum absolute atomic E-state index is 0.0722. The molecule has 0 bridgehead atoms. The second kappa shape index (κ2) is 6.34. The van der Waals surface area contributed by atoms with Crippen LogP contribution in [-0.4, -0.2) is 54.9 Å². The summed E-state index contributed by atoms with van der Waals surface area (Å²) in [6, 6.07) is 0. The third-order valence-corrected chi connectivity index (χ3v) is 4.25. The fraction of sp³-hybridized carbons (Fsp3) is 0.615. The number of aliphatic hydroxyl groups excluding tert-OH is 2. The number of nitrogens with zero attached hydrogens (tertiary/aromatic N) is 4. The summed E-state index contributed by atoms with van der Waals surface area (Å²) in [4.78, 5) is 8.39. The lowest BCUT2D eigenvalue weighted by molar-refractivity contribution is -0.0471. The maximum absolute atomic E-state index is 9.92. The van der Waals surface area contributed by atoms with Crippen LogP contribution in [-0.2, 0) is 4.74 Å². The Labute approximate surface area is 145 Å². The van der Waals surface area contributed by atoms with Gasteiger partial charge in [-0.25, -0.2) is 4.68 Å². The summed E-state index contributed by atoms with van der Waals surface area (Å²) >= 11 is 2.07. The molecule has 1 aliphatic rings. The van der Waals surface area contributed by atoms with Crippen LogP contribution in [0.3, 0.4) is 0 Å². The van der Waals surface area contributed by atoms with Gasteiger partial charge < -0.3 is 25.4 Å². The number of halogens is 1. The highest BCUT2D eigenvalue weighted by atomic mass is 127. The second-order valence-corrected chi connectivity index (χ2v) is 6.62. The van der Waals surface area contributed by atoms with Crippen molar-refractivity contribution in [3.8, 4) is 5.88 Å².